The van der Waals surface area contributed by atoms with Crippen LogP contribution in [0.1, 0.15) is 0 Å². The molecule has 1 aliphatic rings. The molecule has 156 valence electrons. The number of alkyl halides is 6. The summed E-state index contributed by atoms with van der Waals surface area (Å²) in [5.74, 6) is -20.5. The largest absolute Gasteiger partial charge is 0.497 e. The number of allylic oxidation sites excluding steroid dienone is 2. The predicted molar refractivity (Wildman–Crippen MR) is 89.1 cm³/mol. The molecule has 0 aromatic heterocycles. The molecule has 0 fully saturated rings. The Labute approximate surface area is 161 Å². The Kier molecular flexibility index (Phi) is 5.06. The molecule has 10 heteroatoms. The molecule has 2 aromatic rings. The van der Waals surface area contributed by atoms with Crippen LogP contribution in [0, 0.1) is 0 Å². The molecule has 0 bridgehead atoms. The van der Waals surface area contributed by atoms with Crippen molar-refractivity contribution in [2.24, 2.45) is 0 Å². The van der Waals surface area contributed by atoms with Gasteiger partial charge in [0, 0.05) is 0 Å². The van der Waals surface area contributed by atoms with Gasteiger partial charge in [-0.05, 0) is 48.5 Å². The molecule has 4 nitrogen and oxygen atoms in total. The lowest BCUT2D eigenvalue weighted by Crippen LogP contribution is -2.50. The standard InChI is InChI=1S/C19H14F6O4/c1-26-11-3-7-13(8-4-11)28-15-16(18(22,23)19(24,25)17(15,20)21)29-14-9-5-12(27-2)6-10-14/h3-10H,1-2H3. The van der Waals surface area contributed by atoms with Crippen molar-refractivity contribution in [1.29, 1.82) is 0 Å². The van der Waals surface area contributed by atoms with Crippen molar-refractivity contribution in [2.75, 3.05) is 14.2 Å². The summed E-state index contributed by atoms with van der Waals surface area (Å²) in [6, 6.07) is 9.52. The molecule has 2 aromatic carbocycles. The summed E-state index contributed by atoms with van der Waals surface area (Å²) in [5.41, 5.74) is 0. The van der Waals surface area contributed by atoms with Crippen LogP contribution in [-0.2, 0) is 0 Å². The van der Waals surface area contributed by atoms with Crippen LogP contribution >= 0.6 is 0 Å². The Balaban J connectivity index is 2.05. The molecule has 0 aliphatic heterocycles. The van der Waals surface area contributed by atoms with Crippen molar-refractivity contribution in [1.82, 2.24) is 0 Å². The number of ether oxygens (including phenoxy) is 4. The number of hydrogen-bond acceptors (Lipinski definition) is 4. The van der Waals surface area contributed by atoms with Crippen LogP contribution < -0.4 is 18.9 Å². The summed E-state index contributed by atoms with van der Waals surface area (Å²) in [4.78, 5) is 0. The monoisotopic (exact) mass is 420 g/mol. The van der Waals surface area contributed by atoms with Gasteiger partial charge < -0.3 is 18.9 Å². The molecule has 1 aliphatic carbocycles. The van der Waals surface area contributed by atoms with Crippen molar-refractivity contribution in [3.8, 4) is 23.0 Å². The summed E-state index contributed by atoms with van der Waals surface area (Å²) < 4.78 is 104. The molecule has 0 N–H and O–H groups in total. The highest BCUT2D eigenvalue weighted by Crippen LogP contribution is 2.59. The fraction of sp³-hybridized carbons (Fsp3) is 0.263. The summed E-state index contributed by atoms with van der Waals surface area (Å²) >= 11 is 0. The first kappa shape index (κ1) is 20.7. The maximum atomic E-state index is 14.2. The predicted octanol–water partition coefficient (Wildman–Crippen LogP) is 5.29. The fourth-order valence-electron chi connectivity index (χ4n) is 2.51. The van der Waals surface area contributed by atoms with E-state index in [-0.39, 0.29) is 11.5 Å². The van der Waals surface area contributed by atoms with Crippen molar-refractivity contribution in [3.05, 3.63) is 60.0 Å². The van der Waals surface area contributed by atoms with E-state index in [4.69, 9.17) is 18.9 Å². The number of rotatable bonds is 6. The zero-order valence-electron chi connectivity index (χ0n) is 15.0. The summed E-state index contributed by atoms with van der Waals surface area (Å²) in [6.45, 7) is 0. The average molecular weight is 420 g/mol. The van der Waals surface area contributed by atoms with Gasteiger partial charge in [-0.2, -0.15) is 26.3 Å². The zero-order valence-corrected chi connectivity index (χ0v) is 15.0. The van der Waals surface area contributed by atoms with E-state index in [2.05, 4.69) is 0 Å². The van der Waals surface area contributed by atoms with Gasteiger partial charge >= 0.3 is 17.8 Å². The van der Waals surface area contributed by atoms with Gasteiger partial charge in [-0.3, -0.25) is 0 Å². The first-order chi connectivity index (χ1) is 13.5. The van der Waals surface area contributed by atoms with Crippen LogP contribution in [0.3, 0.4) is 0 Å². The van der Waals surface area contributed by atoms with Crippen LogP contribution in [0.2, 0.25) is 0 Å². The zero-order chi connectivity index (χ0) is 21.4. The lowest BCUT2D eigenvalue weighted by Gasteiger charge is -2.24. The first-order valence-corrected chi connectivity index (χ1v) is 8.07. The smallest absolute Gasteiger partial charge is 0.387 e. The molecule has 0 saturated carbocycles. The summed E-state index contributed by atoms with van der Waals surface area (Å²) in [5, 5.41) is 0. The Bertz CT molecular complexity index is 834. The molecule has 29 heavy (non-hydrogen) atoms. The number of methoxy groups -OCH3 is 2. The normalized spacial score (nSPS) is 19.0. The molecule has 0 radical (unpaired) electrons. The van der Waals surface area contributed by atoms with Crippen LogP contribution in [0.25, 0.3) is 0 Å². The average Bonchev–Trinajstić information content (AvgIpc) is 2.79. The molecule has 0 unspecified atom stereocenters. The quantitative estimate of drug-likeness (QED) is 0.595. The van der Waals surface area contributed by atoms with Crippen LogP contribution in [0.5, 0.6) is 23.0 Å². The molecular weight excluding hydrogens is 406 g/mol. The number of hydrogen-bond donors (Lipinski definition) is 0. The first-order valence-electron chi connectivity index (χ1n) is 8.07. The van der Waals surface area contributed by atoms with Crippen LogP contribution in [0.15, 0.2) is 60.0 Å². The molecule has 3 rings (SSSR count). The Morgan fingerprint density at radius 2 is 0.793 bits per heavy atom. The van der Waals surface area contributed by atoms with E-state index in [1.54, 1.807) is 0 Å². The maximum absolute atomic E-state index is 14.2. The lowest BCUT2D eigenvalue weighted by atomic mass is 10.1. The van der Waals surface area contributed by atoms with Gasteiger partial charge in [0.25, 0.3) is 0 Å². The summed E-state index contributed by atoms with van der Waals surface area (Å²) in [6.07, 6.45) is 0. The third-order valence-electron chi connectivity index (χ3n) is 4.12. The third kappa shape index (κ3) is 3.32. The van der Waals surface area contributed by atoms with Crippen molar-refractivity contribution < 1.29 is 45.3 Å². The van der Waals surface area contributed by atoms with Gasteiger partial charge in [0.2, 0.25) is 11.5 Å². The second kappa shape index (κ2) is 7.09. The minimum Gasteiger partial charge on any atom is -0.497 e. The minimum absolute atomic E-state index is 0.315. The molecule has 0 saturated heterocycles. The molecule has 0 atom stereocenters. The van der Waals surface area contributed by atoms with E-state index in [1.807, 2.05) is 0 Å². The summed E-state index contributed by atoms with van der Waals surface area (Å²) in [7, 11) is 2.68. The third-order valence-corrected chi connectivity index (χ3v) is 4.12. The van der Waals surface area contributed by atoms with Gasteiger partial charge in [-0.1, -0.05) is 0 Å². The molecule has 0 heterocycles. The van der Waals surface area contributed by atoms with E-state index >= 15 is 0 Å². The minimum atomic E-state index is -5.76. The highest BCUT2D eigenvalue weighted by Gasteiger charge is 2.83. The highest BCUT2D eigenvalue weighted by molar-refractivity contribution is 5.41. The van der Waals surface area contributed by atoms with E-state index in [0.717, 1.165) is 24.3 Å². The van der Waals surface area contributed by atoms with E-state index < -0.39 is 29.3 Å². The lowest BCUT2D eigenvalue weighted by molar-refractivity contribution is -0.273. The second-order valence-electron chi connectivity index (χ2n) is 5.94. The van der Waals surface area contributed by atoms with Gasteiger partial charge in [0.05, 0.1) is 14.2 Å². The van der Waals surface area contributed by atoms with E-state index in [0.29, 0.717) is 11.5 Å². The van der Waals surface area contributed by atoms with Crippen molar-refractivity contribution >= 4 is 0 Å². The van der Waals surface area contributed by atoms with Gasteiger partial charge in [-0.25, -0.2) is 0 Å². The fourth-order valence-corrected chi connectivity index (χ4v) is 2.51. The van der Waals surface area contributed by atoms with Crippen molar-refractivity contribution in [3.63, 3.8) is 0 Å². The van der Waals surface area contributed by atoms with Gasteiger partial charge in [0.1, 0.15) is 23.0 Å². The molecule has 0 amide bonds. The highest BCUT2D eigenvalue weighted by atomic mass is 19.3. The maximum Gasteiger partial charge on any atom is 0.387 e. The number of halogens is 6. The van der Waals surface area contributed by atoms with Crippen LogP contribution in [-0.4, -0.2) is 32.0 Å². The second-order valence-corrected chi connectivity index (χ2v) is 5.94. The Morgan fingerprint density at radius 1 is 0.517 bits per heavy atom. The molecule has 0 spiro atoms. The van der Waals surface area contributed by atoms with Crippen molar-refractivity contribution in [2.45, 2.75) is 17.8 Å². The number of benzene rings is 2. The molecular formula is C19H14F6O4. The van der Waals surface area contributed by atoms with E-state index in [9.17, 15) is 26.3 Å². The van der Waals surface area contributed by atoms with E-state index in [1.165, 1.54) is 38.5 Å². The van der Waals surface area contributed by atoms with Gasteiger partial charge in [0.15, 0.2) is 0 Å². The Hall–Kier alpha value is -3.04. The van der Waals surface area contributed by atoms with Gasteiger partial charge in [-0.15, -0.1) is 0 Å². The SMILES string of the molecule is COc1ccc(OC2=C(Oc3ccc(OC)cc3)C(F)(F)C(F)(F)C2(F)F)cc1. The Morgan fingerprint density at radius 3 is 1.07 bits per heavy atom. The topological polar surface area (TPSA) is 36.9 Å². The van der Waals surface area contributed by atoms with Crippen LogP contribution in [0.4, 0.5) is 26.3 Å².